The maximum atomic E-state index is 12.8. The smallest absolute Gasteiger partial charge is 0.318 e. The Labute approximate surface area is 159 Å². The number of rotatable bonds is 3. The number of ether oxygens (including phenoxy) is 2. The molecule has 2 heterocycles. The summed E-state index contributed by atoms with van der Waals surface area (Å²) in [5.74, 6) is 1.17. The number of amides is 3. The number of nitrogens with one attached hydrogen (secondary N) is 2. The molecule has 146 valence electrons. The van der Waals surface area contributed by atoms with Crippen molar-refractivity contribution >= 4 is 17.6 Å². The van der Waals surface area contributed by atoms with Gasteiger partial charge in [0, 0.05) is 24.3 Å². The number of nitrogens with zero attached hydrogens (tertiary/aromatic N) is 1. The predicted molar refractivity (Wildman–Crippen MR) is 101 cm³/mol. The molecule has 27 heavy (non-hydrogen) atoms. The highest BCUT2D eigenvalue weighted by atomic mass is 16.6. The second-order valence-corrected chi connectivity index (χ2v) is 7.48. The lowest BCUT2D eigenvalue weighted by Gasteiger charge is -2.29. The summed E-state index contributed by atoms with van der Waals surface area (Å²) in [5, 5.41) is 6.05. The SMILES string of the molecule is O=C(Nc1ccc2c(c1)OCCO2)C1CCCN1C(=O)NC1CCCCC1. The first kappa shape index (κ1) is 17.9. The van der Waals surface area contributed by atoms with Crippen LogP contribution in [0.4, 0.5) is 10.5 Å². The highest BCUT2D eigenvalue weighted by Gasteiger charge is 2.35. The van der Waals surface area contributed by atoms with Crippen molar-refractivity contribution in [2.75, 3.05) is 25.1 Å². The Balaban J connectivity index is 1.37. The molecule has 0 bridgehead atoms. The number of carbonyl (C=O) groups is 2. The van der Waals surface area contributed by atoms with Crippen LogP contribution in [-0.4, -0.2) is 48.7 Å². The summed E-state index contributed by atoms with van der Waals surface area (Å²) in [4.78, 5) is 27.1. The van der Waals surface area contributed by atoms with E-state index >= 15 is 0 Å². The first-order valence-electron chi connectivity index (χ1n) is 9.98. The first-order valence-corrected chi connectivity index (χ1v) is 9.98. The van der Waals surface area contributed by atoms with Crippen molar-refractivity contribution in [1.29, 1.82) is 0 Å². The largest absolute Gasteiger partial charge is 0.486 e. The van der Waals surface area contributed by atoms with Crippen LogP contribution in [0.1, 0.15) is 44.9 Å². The van der Waals surface area contributed by atoms with Crippen LogP contribution in [0.15, 0.2) is 18.2 Å². The molecule has 7 nitrogen and oxygen atoms in total. The van der Waals surface area contributed by atoms with Crippen LogP contribution in [0.2, 0.25) is 0 Å². The second kappa shape index (κ2) is 8.06. The highest BCUT2D eigenvalue weighted by Crippen LogP contribution is 2.33. The van der Waals surface area contributed by atoms with E-state index in [9.17, 15) is 9.59 Å². The van der Waals surface area contributed by atoms with E-state index in [4.69, 9.17) is 9.47 Å². The number of anilines is 1. The summed E-state index contributed by atoms with van der Waals surface area (Å²) >= 11 is 0. The van der Waals surface area contributed by atoms with Crippen molar-refractivity contribution in [3.8, 4) is 11.5 Å². The number of fused-ring (bicyclic) bond motifs is 1. The van der Waals surface area contributed by atoms with Crippen LogP contribution in [0.25, 0.3) is 0 Å². The van der Waals surface area contributed by atoms with E-state index < -0.39 is 6.04 Å². The molecule has 7 heteroatoms. The molecule has 2 aliphatic heterocycles. The van der Waals surface area contributed by atoms with Gasteiger partial charge in [-0.15, -0.1) is 0 Å². The minimum atomic E-state index is -0.429. The standard InChI is InChI=1S/C20H27N3O4/c24-19(21-15-8-9-17-18(13-15)27-12-11-26-17)16-7-4-10-23(16)20(25)22-14-5-2-1-3-6-14/h8-9,13-14,16H,1-7,10-12H2,(H,21,24)(H,22,25). The quantitative estimate of drug-likeness (QED) is 0.854. The molecule has 1 aromatic carbocycles. The van der Waals surface area contributed by atoms with Crippen LogP contribution in [0.3, 0.4) is 0 Å². The molecule has 1 aliphatic carbocycles. The fourth-order valence-electron chi connectivity index (χ4n) is 4.13. The minimum absolute atomic E-state index is 0.110. The zero-order chi connectivity index (χ0) is 18.6. The van der Waals surface area contributed by atoms with E-state index in [0.29, 0.717) is 43.4 Å². The molecule has 1 saturated carbocycles. The molecule has 1 aromatic rings. The van der Waals surface area contributed by atoms with Gasteiger partial charge in [0.05, 0.1) is 0 Å². The summed E-state index contributed by atoms with van der Waals surface area (Å²) in [5.41, 5.74) is 0.656. The number of hydrogen-bond donors (Lipinski definition) is 2. The van der Waals surface area contributed by atoms with Crippen LogP contribution in [-0.2, 0) is 4.79 Å². The molecule has 0 aromatic heterocycles. The van der Waals surface area contributed by atoms with Gasteiger partial charge < -0.3 is 25.0 Å². The van der Waals surface area contributed by atoms with Gasteiger partial charge in [0.25, 0.3) is 0 Å². The zero-order valence-corrected chi connectivity index (χ0v) is 15.5. The third-order valence-corrected chi connectivity index (χ3v) is 5.56. The van der Waals surface area contributed by atoms with Gasteiger partial charge in [-0.25, -0.2) is 4.79 Å². The Hall–Kier alpha value is -2.44. The van der Waals surface area contributed by atoms with Crippen molar-refractivity contribution in [2.45, 2.75) is 57.0 Å². The molecule has 0 spiro atoms. The van der Waals surface area contributed by atoms with Crippen molar-refractivity contribution in [3.05, 3.63) is 18.2 Å². The third-order valence-electron chi connectivity index (χ3n) is 5.56. The lowest BCUT2D eigenvalue weighted by atomic mass is 9.96. The molecule has 2 N–H and O–H groups in total. The molecule has 1 atom stereocenters. The summed E-state index contributed by atoms with van der Waals surface area (Å²) in [6, 6.07) is 5.07. The molecule has 2 fully saturated rings. The van der Waals surface area contributed by atoms with Crippen molar-refractivity contribution in [2.24, 2.45) is 0 Å². The average molecular weight is 373 g/mol. The number of urea groups is 1. The zero-order valence-electron chi connectivity index (χ0n) is 15.5. The third kappa shape index (κ3) is 4.12. The van der Waals surface area contributed by atoms with E-state index in [-0.39, 0.29) is 18.0 Å². The Morgan fingerprint density at radius 2 is 1.74 bits per heavy atom. The summed E-state index contributed by atoms with van der Waals surface area (Å²) < 4.78 is 11.1. The van der Waals surface area contributed by atoms with Crippen molar-refractivity contribution < 1.29 is 19.1 Å². The van der Waals surface area contributed by atoms with Crippen LogP contribution in [0.5, 0.6) is 11.5 Å². The molecule has 1 unspecified atom stereocenters. The van der Waals surface area contributed by atoms with Crippen molar-refractivity contribution in [3.63, 3.8) is 0 Å². The number of benzene rings is 1. The molecular weight excluding hydrogens is 346 g/mol. The number of likely N-dealkylation sites (tertiary alicyclic amines) is 1. The van der Waals surface area contributed by atoms with Gasteiger partial charge in [0.1, 0.15) is 19.3 Å². The van der Waals surface area contributed by atoms with E-state index in [2.05, 4.69) is 10.6 Å². The van der Waals surface area contributed by atoms with Crippen LogP contribution in [0, 0.1) is 0 Å². The molecule has 3 aliphatic rings. The minimum Gasteiger partial charge on any atom is -0.486 e. The van der Waals surface area contributed by atoms with Crippen LogP contribution < -0.4 is 20.1 Å². The lowest BCUT2D eigenvalue weighted by molar-refractivity contribution is -0.119. The lowest BCUT2D eigenvalue weighted by Crippen LogP contribution is -2.50. The van der Waals surface area contributed by atoms with Gasteiger partial charge >= 0.3 is 6.03 Å². The van der Waals surface area contributed by atoms with Gasteiger partial charge in [0.15, 0.2) is 11.5 Å². The first-order chi connectivity index (χ1) is 13.2. The maximum Gasteiger partial charge on any atom is 0.318 e. The van der Waals surface area contributed by atoms with E-state index in [1.165, 1.54) is 19.3 Å². The van der Waals surface area contributed by atoms with Gasteiger partial charge in [-0.3, -0.25) is 4.79 Å². The highest BCUT2D eigenvalue weighted by molar-refractivity contribution is 5.97. The summed E-state index contributed by atoms with van der Waals surface area (Å²) in [7, 11) is 0. The van der Waals surface area contributed by atoms with Gasteiger partial charge in [-0.1, -0.05) is 19.3 Å². The normalized spacial score (nSPS) is 22.4. The van der Waals surface area contributed by atoms with E-state index in [1.807, 2.05) is 0 Å². The summed E-state index contributed by atoms with van der Waals surface area (Å²) in [6.07, 6.45) is 7.18. The van der Waals surface area contributed by atoms with Crippen LogP contribution >= 0.6 is 0 Å². The summed E-state index contributed by atoms with van der Waals surface area (Å²) in [6.45, 7) is 1.66. The monoisotopic (exact) mass is 373 g/mol. The molecule has 3 amide bonds. The maximum absolute atomic E-state index is 12.8. The van der Waals surface area contributed by atoms with E-state index in [1.54, 1.807) is 23.1 Å². The Bertz CT molecular complexity index is 702. The molecular formula is C20H27N3O4. The second-order valence-electron chi connectivity index (χ2n) is 7.48. The molecule has 1 saturated heterocycles. The van der Waals surface area contributed by atoms with Gasteiger partial charge in [-0.05, 0) is 37.8 Å². The fraction of sp³-hybridized carbons (Fsp3) is 0.600. The van der Waals surface area contributed by atoms with E-state index in [0.717, 1.165) is 19.3 Å². The fourth-order valence-corrected chi connectivity index (χ4v) is 4.13. The Kier molecular flexibility index (Phi) is 5.36. The number of hydrogen-bond acceptors (Lipinski definition) is 4. The molecule has 4 rings (SSSR count). The molecule has 0 radical (unpaired) electrons. The predicted octanol–water partition coefficient (Wildman–Crippen LogP) is 2.90. The Morgan fingerprint density at radius 3 is 2.56 bits per heavy atom. The topological polar surface area (TPSA) is 79.9 Å². The van der Waals surface area contributed by atoms with Gasteiger partial charge in [-0.2, -0.15) is 0 Å². The average Bonchev–Trinajstić information content (AvgIpc) is 3.19. The Morgan fingerprint density at radius 1 is 0.963 bits per heavy atom. The van der Waals surface area contributed by atoms with Gasteiger partial charge in [0.2, 0.25) is 5.91 Å². The number of carbonyl (C=O) groups excluding carboxylic acids is 2. The van der Waals surface area contributed by atoms with Crippen molar-refractivity contribution in [1.82, 2.24) is 10.2 Å².